The summed E-state index contributed by atoms with van der Waals surface area (Å²) < 4.78 is 33.4. The summed E-state index contributed by atoms with van der Waals surface area (Å²) in [5, 5.41) is 0.741. The normalized spacial score (nSPS) is 21.0. The van der Waals surface area contributed by atoms with E-state index in [2.05, 4.69) is 6.58 Å². The van der Waals surface area contributed by atoms with Gasteiger partial charge in [-0.15, -0.1) is 0 Å². The van der Waals surface area contributed by atoms with E-state index in [0.717, 1.165) is 28.5 Å². The van der Waals surface area contributed by atoms with Crippen molar-refractivity contribution in [1.29, 1.82) is 0 Å². The van der Waals surface area contributed by atoms with Crippen LogP contribution in [0.2, 0.25) is 0 Å². The number of rotatable bonds is 7. The largest absolute Gasteiger partial charge is 0.464 e. The molecule has 0 radical (unpaired) electrons. The zero-order chi connectivity index (χ0) is 26.2. The maximum atomic E-state index is 13.4. The van der Waals surface area contributed by atoms with E-state index in [1.54, 1.807) is 40.1 Å². The molecule has 0 saturated carbocycles. The van der Waals surface area contributed by atoms with Crippen LogP contribution in [-0.4, -0.2) is 73.1 Å². The van der Waals surface area contributed by atoms with Crippen LogP contribution >= 0.6 is 0 Å². The van der Waals surface area contributed by atoms with Crippen molar-refractivity contribution in [3.8, 4) is 0 Å². The van der Waals surface area contributed by atoms with Gasteiger partial charge >= 0.3 is 0 Å². The summed E-state index contributed by atoms with van der Waals surface area (Å²) in [5.41, 5.74) is 3.40. The Labute approximate surface area is 217 Å². The number of allylic oxidation sites excluding steroid dienone is 4. The third kappa shape index (κ3) is 4.81. The molecule has 9 heteroatoms. The molecular formula is C28H31N3O5S. The number of furan rings is 1. The molecule has 1 fully saturated rings. The van der Waals surface area contributed by atoms with Crippen LogP contribution in [-0.2, 0) is 19.6 Å². The van der Waals surface area contributed by atoms with Gasteiger partial charge in [0.2, 0.25) is 21.8 Å². The average molecular weight is 522 g/mol. The molecule has 2 amide bonds. The van der Waals surface area contributed by atoms with E-state index in [4.69, 9.17) is 4.42 Å². The lowest BCUT2D eigenvalue weighted by Gasteiger charge is -2.29. The predicted molar refractivity (Wildman–Crippen MR) is 141 cm³/mol. The van der Waals surface area contributed by atoms with Crippen molar-refractivity contribution >= 4 is 32.8 Å². The van der Waals surface area contributed by atoms with Crippen molar-refractivity contribution in [3.05, 3.63) is 78.1 Å². The third-order valence-electron chi connectivity index (χ3n) is 7.35. The first kappa shape index (κ1) is 25.2. The number of hydrogen-bond donors (Lipinski definition) is 0. The number of carbonyl (C=O) groups is 2. The van der Waals surface area contributed by atoms with Crippen LogP contribution in [0.3, 0.4) is 0 Å². The van der Waals surface area contributed by atoms with Crippen LogP contribution in [0.1, 0.15) is 26.2 Å². The number of carbonyl (C=O) groups excluding carboxylic acids is 2. The van der Waals surface area contributed by atoms with E-state index in [0.29, 0.717) is 31.6 Å². The average Bonchev–Trinajstić information content (AvgIpc) is 3.68. The lowest BCUT2D eigenvalue weighted by Crippen LogP contribution is -2.48. The predicted octanol–water partition coefficient (Wildman–Crippen LogP) is 3.65. The first-order valence-electron chi connectivity index (χ1n) is 12.5. The van der Waals surface area contributed by atoms with Gasteiger partial charge in [0.1, 0.15) is 11.6 Å². The zero-order valence-electron chi connectivity index (χ0n) is 20.9. The monoisotopic (exact) mass is 521 g/mol. The molecule has 0 bridgehead atoms. The van der Waals surface area contributed by atoms with Crippen LogP contribution < -0.4 is 0 Å². The molecule has 5 rings (SSSR count). The van der Waals surface area contributed by atoms with Crippen molar-refractivity contribution in [2.24, 2.45) is 0 Å². The Bertz CT molecular complexity index is 1430. The minimum atomic E-state index is -3.67. The quantitative estimate of drug-likeness (QED) is 0.410. The van der Waals surface area contributed by atoms with E-state index in [1.165, 1.54) is 10.6 Å². The highest BCUT2D eigenvalue weighted by Crippen LogP contribution is 2.32. The van der Waals surface area contributed by atoms with Crippen molar-refractivity contribution in [1.82, 2.24) is 14.1 Å². The summed E-state index contributed by atoms with van der Waals surface area (Å²) in [4.78, 5) is 30.1. The van der Waals surface area contributed by atoms with E-state index < -0.39 is 16.1 Å². The summed E-state index contributed by atoms with van der Waals surface area (Å²) in [6.07, 6.45) is 10.5. The Morgan fingerprint density at radius 1 is 1.14 bits per heavy atom. The molecule has 8 nitrogen and oxygen atoms in total. The van der Waals surface area contributed by atoms with E-state index >= 15 is 0 Å². The molecule has 0 aliphatic carbocycles. The van der Waals surface area contributed by atoms with E-state index in [9.17, 15) is 18.0 Å². The fraction of sp³-hybridized carbons (Fsp3) is 0.357. The highest BCUT2D eigenvalue weighted by Gasteiger charge is 2.42. The molecule has 37 heavy (non-hydrogen) atoms. The molecule has 194 valence electrons. The van der Waals surface area contributed by atoms with Crippen molar-refractivity contribution < 1.29 is 22.4 Å². The molecule has 0 spiro atoms. The first-order chi connectivity index (χ1) is 17.8. The minimum absolute atomic E-state index is 0.0577. The number of hydrogen-bond acceptors (Lipinski definition) is 5. The van der Waals surface area contributed by atoms with Crippen LogP contribution in [0.15, 0.2) is 87.4 Å². The van der Waals surface area contributed by atoms with Crippen molar-refractivity contribution in [3.63, 3.8) is 0 Å². The fourth-order valence-electron chi connectivity index (χ4n) is 5.35. The zero-order valence-corrected chi connectivity index (χ0v) is 21.7. The topological polar surface area (TPSA) is 91.1 Å². The number of sulfonamides is 1. The number of nitrogens with zero attached hydrogens (tertiary/aromatic N) is 3. The smallest absolute Gasteiger partial charge is 0.245 e. The Balaban J connectivity index is 1.22. The van der Waals surface area contributed by atoms with Crippen molar-refractivity contribution in [2.75, 3.05) is 32.7 Å². The molecule has 3 aliphatic rings. The Hall–Kier alpha value is -3.43. The molecule has 1 aromatic heterocycles. The molecule has 1 aromatic carbocycles. The van der Waals surface area contributed by atoms with Gasteiger partial charge < -0.3 is 14.2 Å². The Morgan fingerprint density at radius 2 is 1.89 bits per heavy atom. The lowest BCUT2D eigenvalue weighted by atomic mass is 10.1. The van der Waals surface area contributed by atoms with Gasteiger partial charge in [-0.05, 0) is 60.8 Å². The summed E-state index contributed by atoms with van der Waals surface area (Å²) in [6.45, 7) is 7.62. The third-order valence-corrected chi connectivity index (χ3v) is 9.14. The summed E-state index contributed by atoms with van der Waals surface area (Å²) in [7, 11) is -3.67. The van der Waals surface area contributed by atoms with Gasteiger partial charge in [0, 0.05) is 38.1 Å². The van der Waals surface area contributed by atoms with Gasteiger partial charge in [0.15, 0.2) is 0 Å². The SMILES string of the molecule is C=C/C(=C\C=C/C)CC(=O)N1CCC[C@H]1C(=O)N1CC2=C(C1)CN(S(=O)(=O)c1ccc3occc3c1)C2. The van der Waals surface area contributed by atoms with Gasteiger partial charge in [-0.3, -0.25) is 9.59 Å². The van der Waals surface area contributed by atoms with Gasteiger partial charge in [-0.25, -0.2) is 8.42 Å². The van der Waals surface area contributed by atoms with Gasteiger partial charge in [0.05, 0.1) is 17.6 Å². The number of likely N-dealkylation sites (tertiary alicyclic amines) is 1. The molecule has 1 saturated heterocycles. The Morgan fingerprint density at radius 3 is 2.59 bits per heavy atom. The summed E-state index contributed by atoms with van der Waals surface area (Å²) in [6, 6.07) is 6.14. The van der Waals surface area contributed by atoms with E-state index in [-0.39, 0.29) is 36.2 Å². The molecule has 4 heterocycles. The first-order valence-corrected chi connectivity index (χ1v) is 14.0. The van der Waals surface area contributed by atoms with Crippen LogP contribution in [0.4, 0.5) is 0 Å². The van der Waals surface area contributed by atoms with E-state index in [1.807, 2.05) is 25.2 Å². The number of fused-ring (bicyclic) bond motifs is 1. The standard InChI is InChI=1S/C28H31N3O5S/c1-3-5-7-20(4-2)14-27(32)31-12-6-8-25(31)28(33)29-16-22-18-30(19-23(22)17-29)37(34,35)24-9-10-26-21(15-24)11-13-36-26/h3-5,7,9-11,13,15,25H,2,6,8,12,14,16-19H2,1H3/b5-3-,20-7+/t25-/m0/s1. The molecule has 0 unspecified atom stereocenters. The number of benzene rings is 1. The fourth-order valence-corrected chi connectivity index (χ4v) is 6.82. The second kappa shape index (κ2) is 10.1. The molecular weight excluding hydrogens is 490 g/mol. The second-order valence-corrected chi connectivity index (χ2v) is 11.6. The van der Waals surface area contributed by atoms with Crippen LogP contribution in [0.25, 0.3) is 11.0 Å². The molecule has 2 aromatic rings. The van der Waals surface area contributed by atoms with Crippen LogP contribution in [0.5, 0.6) is 0 Å². The van der Waals surface area contributed by atoms with Gasteiger partial charge in [-0.1, -0.05) is 30.9 Å². The second-order valence-electron chi connectivity index (χ2n) is 9.69. The highest BCUT2D eigenvalue weighted by molar-refractivity contribution is 7.89. The van der Waals surface area contributed by atoms with Crippen LogP contribution in [0, 0.1) is 0 Å². The Kier molecular flexibility index (Phi) is 6.92. The maximum Gasteiger partial charge on any atom is 0.245 e. The minimum Gasteiger partial charge on any atom is -0.464 e. The molecule has 3 aliphatic heterocycles. The summed E-state index contributed by atoms with van der Waals surface area (Å²) in [5.74, 6) is -0.129. The lowest BCUT2D eigenvalue weighted by molar-refractivity contribution is -0.142. The van der Waals surface area contributed by atoms with Crippen molar-refractivity contribution in [2.45, 2.75) is 37.1 Å². The van der Waals surface area contributed by atoms with Gasteiger partial charge in [0.25, 0.3) is 0 Å². The molecule has 0 N–H and O–H groups in total. The number of amides is 2. The molecule has 1 atom stereocenters. The highest BCUT2D eigenvalue weighted by atomic mass is 32.2. The van der Waals surface area contributed by atoms with Gasteiger partial charge in [-0.2, -0.15) is 4.31 Å². The summed E-state index contributed by atoms with van der Waals surface area (Å²) >= 11 is 0. The maximum absolute atomic E-state index is 13.4.